The van der Waals surface area contributed by atoms with Crippen LogP contribution in [-0.4, -0.2) is 42.4 Å². The molecule has 0 amide bonds. The molecule has 2 aliphatic heterocycles. The van der Waals surface area contributed by atoms with Crippen LogP contribution in [0.1, 0.15) is 32.4 Å². The fourth-order valence-electron chi connectivity index (χ4n) is 3.01. The molecule has 0 radical (unpaired) electrons. The van der Waals surface area contributed by atoms with Crippen LogP contribution in [0.25, 0.3) is 0 Å². The van der Waals surface area contributed by atoms with Crippen molar-refractivity contribution >= 4 is 5.82 Å². The number of ether oxygens (including phenoxy) is 1. The van der Waals surface area contributed by atoms with Gasteiger partial charge in [-0.2, -0.15) is 0 Å². The van der Waals surface area contributed by atoms with Gasteiger partial charge in [0.1, 0.15) is 11.4 Å². The van der Waals surface area contributed by atoms with Crippen molar-refractivity contribution in [2.45, 2.75) is 38.4 Å². The molecule has 5 nitrogen and oxygen atoms in total. The summed E-state index contributed by atoms with van der Waals surface area (Å²) in [5, 5.41) is 16.8. The molecule has 21 heavy (non-hydrogen) atoms. The van der Waals surface area contributed by atoms with Crippen LogP contribution in [0.5, 0.6) is 0 Å². The molecule has 3 heterocycles. The van der Waals surface area contributed by atoms with Gasteiger partial charge < -0.3 is 20.5 Å². The van der Waals surface area contributed by atoms with Gasteiger partial charge in [-0.3, -0.25) is 0 Å². The van der Waals surface area contributed by atoms with Crippen molar-refractivity contribution < 1.29 is 9.84 Å². The molecule has 5 heteroatoms. The number of aliphatic hydroxyl groups is 1. The van der Waals surface area contributed by atoms with Crippen molar-refractivity contribution in [1.82, 2.24) is 10.3 Å². The molecule has 2 fully saturated rings. The van der Waals surface area contributed by atoms with E-state index in [9.17, 15) is 5.11 Å². The lowest BCUT2D eigenvalue weighted by atomic mass is 9.80. The average Bonchev–Trinajstić information content (AvgIpc) is 2.43. The number of anilines is 1. The fraction of sp³-hybridized carbons (Fsp3) is 0.688. The Morgan fingerprint density at radius 2 is 2.24 bits per heavy atom. The highest BCUT2D eigenvalue weighted by Gasteiger charge is 2.38. The van der Waals surface area contributed by atoms with Gasteiger partial charge in [-0.05, 0) is 30.4 Å². The van der Waals surface area contributed by atoms with Crippen LogP contribution < -0.4 is 10.6 Å². The van der Waals surface area contributed by atoms with Gasteiger partial charge in [-0.15, -0.1) is 0 Å². The van der Waals surface area contributed by atoms with Crippen molar-refractivity contribution in [3.05, 3.63) is 23.9 Å². The molecule has 0 saturated carbocycles. The van der Waals surface area contributed by atoms with Crippen molar-refractivity contribution in [2.75, 3.05) is 31.6 Å². The Balaban J connectivity index is 1.64. The third kappa shape index (κ3) is 3.05. The standard InChI is InChI=1S/C16H25N3O2/c1-15(2)7-4-8-21-13(15)9-18-14-6-3-5-12(19-14)16(20)10-17-11-16/h3,5-6,13,17,20H,4,7-11H2,1-2H3,(H,18,19). The summed E-state index contributed by atoms with van der Waals surface area (Å²) in [6, 6.07) is 5.76. The minimum Gasteiger partial charge on any atom is -0.381 e. The van der Waals surface area contributed by atoms with Crippen LogP contribution in [-0.2, 0) is 10.3 Å². The Morgan fingerprint density at radius 1 is 1.43 bits per heavy atom. The van der Waals surface area contributed by atoms with Crippen LogP contribution in [0.4, 0.5) is 5.82 Å². The first-order valence-electron chi connectivity index (χ1n) is 7.76. The number of nitrogens with zero attached hydrogens (tertiary/aromatic N) is 1. The van der Waals surface area contributed by atoms with Gasteiger partial charge in [-0.25, -0.2) is 4.98 Å². The van der Waals surface area contributed by atoms with Crippen molar-refractivity contribution in [3.8, 4) is 0 Å². The summed E-state index contributed by atoms with van der Waals surface area (Å²) < 4.78 is 5.90. The van der Waals surface area contributed by atoms with E-state index >= 15 is 0 Å². The van der Waals surface area contributed by atoms with Gasteiger partial charge in [0.15, 0.2) is 0 Å². The van der Waals surface area contributed by atoms with E-state index in [2.05, 4.69) is 29.5 Å². The van der Waals surface area contributed by atoms with Crippen LogP contribution in [0.15, 0.2) is 18.2 Å². The fourth-order valence-corrected chi connectivity index (χ4v) is 3.01. The molecular weight excluding hydrogens is 266 g/mol. The summed E-state index contributed by atoms with van der Waals surface area (Å²) >= 11 is 0. The molecule has 2 aliphatic rings. The quantitative estimate of drug-likeness (QED) is 0.784. The third-order valence-corrected chi connectivity index (χ3v) is 4.69. The van der Waals surface area contributed by atoms with Gasteiger partial charge in [0.25, 0.3) is 0 Å². The van der Waals surface area contributed by atoms with Crippen molar-refractivity contribution in [3.63, 3.8) is 0 Å². The second kappa shape index (κ2) is 5.55. The van der Waals surface area contributed by atoms with Gasteiger partial charge in [-0.1, -0.05) is 19.9 Å². The maximum atomic E-state index is 10.3. The number of β-amino-alcohol motifs (C(OH)–C–C–N with tert-alkyl or cyclic N) is 1. The molecule has 0 spiro atoms. The summed E-state index contributed by atoms with van der Waals surface area (Å²) in [6.07, 6.45) is 2.53. The minimum absolute atomic E-state index is 0.193. The molecule has 3 N–H and O–H groups in total. The van der Waals surface area contributed by atoms with E-state index in [1.54, 1.807) is 0 Å². The molecule has 116 valence electrons. The summed E-state index contributed by atoms with van der Waals surface area (Å²) in [7, 11) is 0. The molecule has 0 aliphatic carbocycles. The Bertz CT molecular complexity index is 500. The number of rotatable bonds is 4. The SMILES string of the molecule is CC1(C)CCCOC1CNc1cccc(C2(O)CNC2)n1. The van der Waals surface area contributed by atoms with Crippen LogP contribution in [0.3, 0.4) is 0 Å². The zero-order valence-electron chi connectivity index (χ0n) is 12.9. The Hall–Kier alpha value is -1.17. The van der Waals surface area contributed by atoms with E-state index in [1.807, 2.05) is 18.2 Å². The molecule has 1 atom stereocenters. The Labute approximate surface area is 126 Å². The second-order valence-corrected chi connectivity index (χ2v) is 6.88. The van der Waals surface area contributed by atoms with Crippen molar-refractivity contribution in [2.24, 2.45) is 5.41 Å². The number of nitrogens with one attached hydrogen (secondary N) is 2. The van der Waals surface area contributed by atoms with Gasteiger partial charge >= 0.3 is 0 Å². The summed E-state index contributed by atoms with van der Waals surface area (Å²) in [5.41, 5.74) is 0.118. The highest BCUT2D eigenvalue weighted by Crippen LogP contribution is 2.33. The summed E-state index contributed by atoms with van der Waals surface area (Å²) in [6.45, 7) is 7.25. The molecular formula is C16H25N3O2. The van der Waals surface area contributed by atoms with Crippen LogP contribution >= 0.6 is 0 Å². The highest BCUT2D eigenvalue weighted by molar-refractivity contribution is 5.37. The number of hydrogen-bond acceptors (Lipinski definition) is 5. The van der Waals surface area contributed by atoms with Gasteiger partial charge in [0.05, 0.1) is 11.8 Å². The normalized spacial score (nSPS) is 26.9. The topological polar surface area (TPSA) is 66.4 Å². The largest absolute Gasteiger partial charge is 0.381 e. The molecule has 1 aromatic heterocycles. The van der Waals surface area contributed by atoms with E-state index in [1.165, 1.54) is 6.42 Å². The van der Waals surface area contributed by atoms with E-state index in [-0.39, 0.29) is 11.5 Å². The number of hydrogen-bond donors (Lipinski definition) is 3. The van der Waals surface area contributed by atoms with Crippen LogP contribution in [0, 0.1) is 5.41 Å². The summed E-state index contributed by atoms with van der Waals surface area (Å²) in [5.74, 6) is 0.804. The lowest BCUT2D eigenvalue weighted by Gasteiger charge is -2.39. The Kier molecular flexibility index (Phi) is 3.90. The van der Waals surface area contributed by atoms with E-state index in [4.69, 9.17) is 4.74 Å². The van der Waals surface area contributed by atoms with Crippen molar-refractivity contribution in [1.29, 1.82) is 0 Å². The maximum absolute atomic E-state index is 10.3. The van der Waals surface area contributed by atoms with E-state index in [0.29, 0.717) is 13.1 Å². The highest BCUT2D eigenvalue weighted by atomic mass is 16.5. The lowest BCUT2D eigenvalue weighted by Crippen LogP contribution is -2.57. The number of pyridine rings is 1. The zero-order valence-corrected chi connectivity index (χ0v) is 12.9. The predicted octanol–water partition coefficient (Wildman–Crippen LogP) is 1.49. The molecule has 0 aromatic carbocycles. The number of aromatic nitrogens is 1. The first-order chi connectivity index (χ1) is 10.00. The second-order valence-electron chi connectivity index (χ2n) is 6.88. The molecule has 3 rings (SSSR count). The molecule has 0 bridgehead atoms. The minimum atomic E-state index is -0.807. The Morgan fingerprint density at radius 3 is 2.90 bits per heavy atom. The van der Waals surface area contributed by atoms with Crippen LogP contribution in [0.2, 0.25) is 0 Å². The van der Waals surface area contributed by atoms with E-state index < -0.39 is 5.60 Å². The smallest absolute Gasteiger partial charge is 0.131 e. The third-order valence-electron chi connectivity index (χ3n) is 4.69. The van der Waals surface area contributed by atoms with Gasteiger partial charge in [0, 0.05) is 26.2 Å². The predicted molar refractivity (Wildman–Crippen MR) is 82.2 cm³/mol. The monoisotopic (exact) mass is 291 g/mol. The first kappa shape index (κ1) is 14.8. The molecule has 1 unspecified atom stereocenters. The lowest BCUT2D eigenvalue weighted by molar-refractivity contribution is -0.0589. The summed E-state index contributed by atoms with van der Waals surface area (Å²) in [4.78, 5) is 4.54. The molecule has 1 aromatic rings. The maximum Gasteiger partial charge on any atom is 0.131 e. The molecule has 2 saturated heterocycles. The zero-order chi connectivity index (χ0) is 14.9. The first-order valence-corrected chi connectivity index (χ1v) is 7.76. The van der Waals surface area contributed by atoms with E-state index in [0.717, 1.165) is 31.1 Å². The van der Waals surface area contributed by atoms with Gasteiger partial charge in [0.2, 0.25) is 0 Å². The average molecular weight is 291 g/mol.